The van der Waals surface area contributed by atoms with E-state index in [4.69, 9.17) is 0 Å². The first kappa shape index (κ1) is 20.7. The van der Waals surface area contributed by atoms with Crippen LogP contribution in [0.4, 0.5) is 0 Å². The van der Waals surface area contributed by atoms with Crippen LogP contribution in [0.5, 0.6) is 0 Å². The van der Waals surface area contributed by atoms with Crippen molar-refractivity contribution in [2.75, 3.05) is 19.6 Å². The summed E-state index contributed by atoms with van der Waals surface area (Å²) in [7, 11) is 0. The molecule has 0 unspecified atom stereocenters. The minimum Gasteiger partial charge on any atom is -0.349 e. The Balaban J connectivity index is 1.41. The van der Waals surface area contributed by atoms with Crippen LogP contribution in [0.3, 0.4) is 0 Å². The average molecular weight is 395 g/mol. The van der Waals surface area contributed by atoms with E-state index in [1.807, 2.05) is 0 Å². The van der Waals surface area contributed by atoms with Crippen LogP contribution >= 0.6 is 0 Å². The smallest absolute Gasteiger partial charge is 0.217 e. The number of nitrogens with one attached hydrogen (secondary N) is 1. The van der Waals surface area contributed by atoms with Gasteiger partial charge < -0.3 is 10.2 Å². The number of carbonyl (C=O) groups is 1. The van der Waals surface area contributed by atoms with Crippen LogP contribution in [0.1, 0.15) is 89.8 Å². The van der Waals surface area contributed by atoms with Gasteiger partial charge in [0.1, 0.15) is 0 Å². The normalized spacial score (nSPS) is 25.9. The lowest BCUT2D eigenvalue weighted by Crippen LogP contribution is -2.42. The van der Waals surface area contributed by atoms with E-state index < -0.39 is 0 Å². The van der Waals surface area contributed by atoms with E-state index in [9.17, 15) is 4.79 Å². The van der Waals surface area contributed by atoms with Gasteiger partial charge in [0.15, 0.2) is 0 Å². The van der Waals surface area contributed by atoms with Gasteiger partial charge in [-0.2, -0.15) is 0 Å². The van der Waals surface area contributed by atoms with E-state index >= 15 is 0 Å². The number of hydrogen-bond donors (Lipinski definition) is 1. The molecule has 1 saturated heterocycles. The van der Waals surface area contributed by atoms with Gasteiger partial charge in [-0.25, -0.2) is 0 Å². The van der Waals surface area contributed by atoms with Crippen LogP contribution in [0.2, 0.25) is 0 Å². The van der Waals surface area contributed by atoms with Crippen LogP contribution in [0, 0.1) is 5.41 Å². The Morgan fingerprint density at radius 2 is 1.90 bits per heavy atom. The molecule has 3 nitrogen and oxygen atoms in total. The molecule has 0 saturated carbocycles. The van der Waals surface area contributed by atoms with Crippen molar-refractivity contribution in [2.24, 2.45) is 5.41 Å². The van der Waals surface area contributed by atoms with Gasteiger partial charge in [-0.3, -0.25) is 4.79 Å². The first-order valence-electron chi connectivity index (χ1n) is 11.6. The summed E-state index contributed by atoms with van der Waals surface area (Å²) in [5.41, 5.74) is 6.85. The maximum absolute atomic E-state index is 11.7. The molecule has 0 aromatic heterocycles. The summed E-state index contributed by atoms with van der Waals surface area (Å²) < 4.78 is 0. The number of rotatable bonds is 4. The third-order valence-corrected chi connectivity index (χ3v) is 8.06. The Labute approximate surface area is 176 Å². The highest BCUT2D eigenvalue weighted by molar-refractivity contribution is 5.73. The van der Waals surface area contributed by atoms with Crippen LogP contribution in [0.15, 0.2) is 35.4 Å². The highest BCUT2D eigenvalue weighted by atomic mass is 16.1. The number of benzene rings is 1. The van der Waals surface area contributed by atoms with E-state index in [2.05, 4.69) is 55.3 Å². The SMILES string of the molecule is CC(=O)N[C@H]1CC2(CCN(CCC3=C(C)CCCC3(C)C)CC2)c2ccccc21. The summed E-state index contributed by atoms with van der Waals surface area (Å²) >= 11 is 0. The highest BCUT2D eigenvalue weighted by Gasteiger charge is 2.45. The predicted molar refractivity (Wildman–Crippen MR) is 120 cm³/mol. The van der Waals surface area contributed by atoms with E-state index in [0.29, 0.717) is 5.41 Å². The fourth-order valence-electron chi connectivity index (χ4n) is 6.44. The number of nitrogens with zero attached hydrogens (tertiary/aromatic N) is 1. The Morgan fingerprint density at radius 1 is 1.17 bits per heavy atom. The summed E-state index contributed by atoms with van der Waals surface area (Å²) in [6.45, 7) is 12.4. The van der Waals surface area contributed by atoms with Crippen molar-refractivity contribution in [1.29, 1.82) is 0 Å². The summed E-state index contributed by atoms with van der Waals surface area (Å²) in [4.78, 5) is 14.4. The average Bonchev–Trinajstić information content (AvgIpc) is 2.95. The molecule has 3 aliphatic rings. The van der Waals surface area contributed by atoms with Gasteiger partial charge in [0.25, 0.3) is 0 Å². The van der Waals surface area contributed by atoms with Crippen LogP contribution < -0.4 is 5.32 Å². The second-order valence-electron chi connectivity index (χ2n) is 10.4. The van der Waals surface area contributed by atoms with Gasteiger partial charge in [-0.05, 0) is 81.5 Å². The van der Waals surface area contributed by atoms with Crippen molar-refractivity contribution in [2.45, 2.75) is 84.1 Å². The van der Waals surface area contributed by atoms with Crippen molar-refractivity contribution in [3.05, 3.63) is 46.5 Å². The molecule has 1 aliphatic heterocycles. The molecule has 0 bridgehead atoms. The molecule has 1 amide bonds. The summed E-state index contributed by atoms with van der Waals surface area (Å²) in [6, 6.07) is 9.00. The second kappa shape index (κ2) is 7.91. The topological polar surface area (TPSA) is 32.3 Å². The lowest BCUT2D eigenvalue weighted by atomic mass is 9.71. The molecule has 2 aliphatic carbocycles. The molecule has 3 heteroatoms. The van der Waals surface area contributed by atoms with Gasteiger partial charge in [0, 0.05) is 18.9 Å². The Bertz CT molecular complexity index is 799. The molecule has 1 spiro atoms. The first-order chi connectivity index (χ1) is 13.8. The van der Waals surface area contributed by atoms with Crippen molar-refractivity contribution >= 4 is 5.91 Å². The monoisotopic (exact) mass is 394 g/mol. The summed E-state index contributed by atoms with van der Waals surface area (Å²) in [5.74, 6) is 0.0815. The molecule has 158 valence electrons. The first-order valence-corrected chi connectivity index (χ1v) is 11.6. The number of amides is 1. The molecule has 0 radical (unpaired) electrons. The number of allylic oxidation sites excluding steroid dienone is 1. The minimum absolute atomic E-state index is 0.0815. The van der Waals surface area contributed by atoms with Crippen LogP contribution in [-0.2, 0) is 10.2 Å². The zero-order valence-corrected chi connectivity index (χ0v) is 18.8. The second-order valence-corrected chi connectivity index (χ2v) is 10.4. The van der Waals surface area contributed by atoms with Crippen LogP contribution in [0.25, 0.3) is 0 Å². The van der Waals surface area contributed by atoms with Crippen molar-refractivity contribution < 1.29 is 4.79 Å². The third kappa shape index (κ3) is 4.03. The number of piperidine rings is 1. The molecule has 1 heterocycles. The standard InChI is InChI=1S/C26H38N2O/c1-19-8-7-12-25(3,4)22(19)11-15-28-16-13-26(14-17-28)18-24(27-20(2)29)21-9-5-6-10-23(21)26/h5-6,9-10,24H,7-8,11-18H2,1-4H3,(H,27,29)/t24-/m0/s1. The minimum atomic E-state index is 0.0815. The Hall–Kier alpha value is -1.61. The maximum Gasteiger partial charge on any atom is 0.217 e. The predicted octanol–water partition coefficient (Wildman–Crippen LogP) is 5.52. The van der Waals surface area contributed by atoms with E-state index in [1.54, 1.807) is 18.1 Å². The summed E-state index contributed by atoms with van der Waals surface area (Å²) in [6.07, 6.45) is 8.70. The summed E-state index contributed by atoms with van der Waals surface area (Å²) in [5, 5.41) is 3.20. The number of likely N-dealkylation sites (tertiary alicyclic amines) is 1. The lowest BCUT2D eigenvalue weighted by molar-refractivity contribution is -0.119. The fourth-order valence-corrected chi connectivity index (χ4v) is 6.44. The van der Waals surface area contributed by atoms with E-state index in [-0.39, 0.29) is 17.4 Å². The van der Waals surface area contributed by atoms with Crippen molar-refractivity contribution in [3.63, 3.8) is 0 Å². The highest BCUT2D eigenvalue weighted by Crippen LogP contribution is 2.51. The quantitative estimate of drug-likeness (QED) is 0.682. The van der Waals surface area contributed by atoms with Crippen molar-refractivity contribution in [1.82, 2.24) is 10.2 Å². The Kier molecular flexibility index (Phi) is 5.63. The van der Waals surface area contributed by atoms with Gasteiger partial charge in [0.2, 0.25) is 5.91 Å². The lowest BCUT2D eigenvalue weighted by Gasteiger charge is -2.41. The molecule has 4 rings (SSSR count). The zero-order valence-electron chi connectivity index (χ0n) is 18.8. The Morgan fingerprint density at radius 3 is 2.59 bits per heavy atom. The van der Waals surface area contributed by atoms with Gasteiger partial charge >= 0.3 is 0 Å². The molecule has 1 fully saturated rings. The van der Waals surface area contributed by atoms with Gasteiger partial charge in [0.05, 0.1) is 6.04 Å². The molecular formula is C26H38N2O. The van der Waals surface area contributed by atoms with Gasteiger partial charge in [-0.15, -0.1) is 0 Å². The van der Waals surface area contributed by atoms with E-state index in [1.165, 1.54) is 69.3 Å². The van der Waals surface area contributed by atoms with Crippen LogP contribution in [-0.4, -0.2) is 30.4 Å². The number of carbonyl (C=O) groups excluding carboxylic acids is 1. The fraction of sp³-hybridized carbons (Fsp3) is 0.654. The molecule has 1 N–H and O–H groups in total. The number of hydrogen-bond acceptors (Lipinski definition) is 2. The number of fused-ring (bicyclic) bond motifs is 2. The van der Waals surface area contributed by atoms with Crippen molar-refractivity contribution in [3.8, 4) is 0 Å². The third-order valence-electron chi connectivity index (χ3n) is 8.06. The maximum atomic E-state index is 11.7. The molecule has 29 heavy (non-hydrogen) atoms. The molecule has 1 atom stereocenters. The molecule has 1 aromatic rings. The van der Waals surface area contributed by atoms with E-state index in [0.717, 1.165) is 6.42 Å². The molecular weight excluding hydrogens is 356 g/mol. The van der Waals surface area contributed by atoms with Gasteiger partial charge in [-0.1, -0.05) is 49.3 Å². The largest absolute Gasteiger partial charge is 0.349 e. The molecule has 1 aromatic carbocycles. The zero-order chi connectivity index (χ0) is 20.6.